The molecule has 0 bridgehead atoms. The number of benzene rings is 2. The summed E-state index contributed by atoms with van der Waals surface area (Å²) in [4.78, 5) is 11.3. The molecule has 0 saturated carbocycles. The number of hydrogen-bond acceptors (Lipinski definition) is 3. The summed E-state index contributed by atoms with van der Waals surface area (Å²) in [5.41, 5.74) is 0.286. The molecule has 21 heavy (non-hydrogen) atoms. The first-order chi connectivity index (χ1) is 9.99. The lowest BCUT2D eigenvalue weighted by Gasteiger charge is -2.07. The van der Waals surface area contributed by atoms with Crippen LogP contribution in [0.15, 0.2) is 30.3 Å². The normalized spacial score (nSPS) is 11.0. The Morgan fingerprint density at radius 1 is 1.24 bits per heavy atom. The second-order valence-corrected chi connectivity index (χ2v) is 4.53. The number of carboxylic acid groups (broad SMARTS) is 1. The van der Waals surface area contributed by atoms with Gasteiger partial charge in [-0.25, -0.2) is 18.3 Å². The third-order valence-corrected chi connectivity index (χ3v) is 3.16. The molecule has 1 heterocycles. The van der Waals surface area contributed by atoms with Crippen LogP contribution in [0.3, 0.4) is 0 Å². The second kappa shape index (κ2) is 4.62. The van der Waals surface area contributed by atoms with Gasteiger partial charge in [0.2, 0.25) is 0 Å². The number of rotatable bonds is 2. The third-order valence-electron chi connectivity index (χ3n) is 3.16. The highest BCUT2D eigenvalue weighted by molar-refractivity contribution is 6.01. The minimum atomic E-state index is -1.20. The number of carbonyl (C=O) groups is 1. The smallest absolute Gasteiger partial charge is 0.337 e. The fourth-order valence-electron chi connectivity index (χ4n) is 2.11. The molecule has 3 aromatic rings. The van der Waals surface area contributed by atoms with Crippen LogP contribution in [0.5, 0.6) is 0 Å². The molecule has 106 valence electrons. The predicted octanol–water partition coefficient (Wildman–Crippen LogP) is 2.71. The van der Waals surface area contributed by atoms with Crippen molar-refractivity contribution in [3.05, 3.63) is 53.1 Å². The molecule has 1 N–H and O–H groups in total. The van der Waals surface area contributed by atoms with Crippen molar-refractivity contribution in [1.29, 1.82) is 0 Å². The molecule has 0 aliphatic rings. The van der Waals surface area contributed by atoms with Gasteiger partial charge in [-0.3, -0.25) is 0 Å². The highest BCUT2D eigenvalue weighted by atomic mass is 19.1. The van der Waals surface area contributed by atoms with Crippen molar-refractivity contribution in [2.45, 2.75) is 6.92 Å². The first kappa shape index (κ1) is 13.2. The van der Waals surface area contributed by atoms with Crippen LogP contribution in [0.2, 0.25) is 0 Å². The predicted molar refractivity (Wildman–Crippen MR) is 70.5 cm³/mol. The Balaban J connectivity index is 2.36. The van der Waals surface area contributed by atoms with E-state index in [1.807, 2.05) is 0 Å². The van der Waals surface area contributed by atoms with Gasteiger partial charge in [0.25, 0.3) is 0 Å². The van der Waals surface area contributed by atoms with Crippen LogP contribution < -0.4 is 0 Å². The Hall–Kier alpha value is -2.83. The van der Waals surface area contributed by atoms with E-state index in [0.29, 0.717) is 0 Å². The summed E-state index contributed by atoms with van der Waals surface area (Å²) in [6.45, 7) is 1.43. The van der Waals surface area contributed by atoms with Gasteiger partial charge >= 0.3 is 5.97 Å². The van der Waals surface area contributed by atoms with Crippen LogP contribution in [-0.2, 0) is 0 Å². The number of hydrogen-bond donors (Lipinski definition) is 1. The van der Waals surface area contributed by atoms with Crippen molar-refractivity contribution in [1.82, 2.24) is 15.0 Å². The molecule has 2 aromatic carbocycles. The standard InChI is InChI=1S/C14H9F2N3O2/c1-7-5-10(16)12(6-9(7)15)19-13-8(14(20)21)3-2-4-11(13)17-18-19/h2-6H,1H3,(H,20,21). The molecule has 0 amide bonds. The van der Waals surface area contributed by atoms with Gasteiger partial charge in [-0.15, -0.1) is 5.10 Å². The molecule has 5 nitrogen and oxygen atoms in total. The fourth-order valence-corrected chi connectivity index (χ4v) is 2.11. The van der Waals surface area contributed by atoms with Gasteiger partial charge in [-0.2, -0.15) is 0 Å². The molecular weight excluding hydrogens is 280 g/mol. The quantitative estimate of drug-likeness (QED) is 0.787. The van der Waals surface area contributed by atoms with E-state index >= 15 is 0 Å². The number of halogens is 2. The van der Waals surface area contributed by atoms with Crippen LogP contribution in [-0.4, -0.2) is 26.1 Å². The number of para-hydroxylation sites is 1. The fraction of sp³-hybridized carbons (Fsp3) is 0.0714. The van der Waals surface area contributed by atoms with E-state index in [4.69, 9.17) is 0 Å². The largest absolute Gasteiger partial charge is 0.478 e. The number of nitrogens with zero attached hydrogens (tertiary/aromatic N) is 3. The highest BCUT2D eigenvalue weighted by Gasteiger charge is 2.18. The van der Waals surface area contributed by atoms with E-state index in [1.165, 1.54) is 19.1 Å². The summed E-state index contributed by atoms with van der Waals surface area (Å²) in [6, 6.07) is 6.41. The van der Waals surface area contributed by atoms with Crippen LogP contribution in [0.4, 0.5) is 8.78 Å². The number of aromatic nitrogens is 3. The average molecular weight is 289 g/mol. The molecule has 0 spiro atoms. The van der Waals surface area contributed by atoms with E-state index in [1.54, 1.807) is 6.07 Å². The zero-order chi connectivity index (χ0) is 15.1. The minimum absolute atomic E-state index is 0.0853. The van der Waals surface area contributed by atoms with Crippen molar-refractivity contribution < 1.29 is 18.7 Å². The molecule has 0 atom stereocenters. The molecule has 1 aromatic heterocycles. The van der Waals surface area contributed by atoms with Crippen LogP contribution in [0, 0.1) is 18.6 Å². The number of carboxylic acids is 1. The molecule has 0 aliphatic carbocycles. The lowest BCUT2D eigenvalue weighted by atomic mass is 10.1. The first-order valence-corrected chi connectivity index (χ1v) is 6.03. The zero-order valence-electron chi connectivity index (χ0n) is 10.8. The summed E-state index contributed by atoms with van der Waals surface area (Å²) >= 11 is 0. The van der Waals surface area contributed by atoms with E-state index in [-0.39, 0.29) is 27.8 Å². The number of aryl methyl sites for hydroxylation is 1. The van der Waals surface area contributed by atoms with Gasteiger partial charge in [-0.05, 0) is 30.7 Å². The van der Waals surface area contributed by atoms with E-state index in [9.17, 15) is 18.7 Å². The Labute approximate surface area is 117 Å². The minimum Gasteiger partial charge on any atom is -0.478 e. The summed E-state index contributed by atoms with van der Waals surface area (Å²) in [7, 11) is 0. The Morgan fingerprint density at radius 3 is 2.71 bits per heavy atom. The van der Waals surface area contributed by atoms with Crippen LogP contribution in [0.1, 0.15) is 15.9 Å². The first-order valence-electron chi connectivity index (χ1n) is 6.03. The SMILES string of the molecule is Cc1cc(F)c(-n2nnc3cccc(C(=O)O)c32)cc1F. The molecule has 7 heteroatoms. The maximum atomic E-state index is 14.1. The molecular formula is C14H9F2N3O2. The molecule has 0 aliphatic heterocycles. The summed E-state index contributed by atoms with van der Waals surface area (Å²) < 4.78 is 28.7. The summed E-state index contributed by atoms with van der Waals surface area (Å²) in [5, 5.41) is 16.7. The van der Waals surface area contributed by atoms with Crippen molar-refractivity contribution >= 4 is 17.0 Å². The van der Waals surface area contributed by atoms with Gasteiger partial charge < -0.3 is 5.11 Å². The maximum absolute atomic E-state index is 14.1. The van der Waals surface area contributed by atoms with Gasteiger partial charge in [-0.1, -0.05) is 11.3 Å². The zero-order valence-corrected chi connectivity index (χ0v) is 10.8. The maximum Gasteiger partial charge on any atom is 0.337 e. The van der Waals surface area contributed by atoms with Crippen molar-refractivity contribution in [3.63, 3.8) is 0 Å². The monoisotopic (exact) mass is 289 g/mol. The van der Waals surface area contributed by atoms with Crippen molar-refractivity contribution in [2.75, 3.05) is 0 Å². The van der Waals surface area contributed by atoms with Crippen molar-refractivity contribution in [2.24, 2.45) is 0 Å². The Bertz CT molecular complexity index is 874. The lowest BCUT2D eigenvalue weighted by molar-refractivity contribution is 0.0698. The topological polar surface area (TPSA) is 68.0 Å². The van der Waals surface area contributed by atoms with Gasteiger partial charge in [0.15, 0.2) is 0 Å². The summed E-state index contributed by atoms with van der Waals surface area (Å²) in [6.07, 6.45) is 0. The average Bonchev–Trinajstić information content (AvgIpc) is 2.86. The Morgan fingerprint density at radius 2 is 2.00 bits per heavy atom. The van der Waals surface area contributed by atoms with Crippen LogP contribution >= 0.6 is 0 Å². The van der Waals surface area contributed by atoms with Crippen molar-refractivity contribution in [3.8, 4) is 5.69 Å². The Kier molecular flexibility index (Phi) is 2.90. The highest BCUT2D eigenvalue weighted by Crippen LogP contribution is 2.24. The van der Waals surface area contributed by atoms with E-state index in [2.05, 4.69) is 10.3 Å². The number of aromatic carboxylic acids is 1. The van der Waals surface area contributed by atoms with Gasteiger partial charge in [0.1, 0.15) is 28.4 Å². The molecule has 0 radical (unpaired) electrons. The van der Waals surface area contributed by atoms with E-state index < -0.39 is 17.6 Å². The number of fused-ring (bicyclic) bond motifs is 1. The second-order valence-electron chi connectivity index (χ2n) is 4.53. The van der Waals surface area contributed by atoms with E-state index in [0.717, 1.165) is 16.8 Å². The molecule has 3 rings (SSSR count). The van der Waals surface area contributed by atoms with Gasteiger partial charge in [0, 0.05) is 6.07 Å². The van der Waals surface area contributed by atoms with Gasteiger partial charge in [0.05, 0.1) is 5.56 Å². The lowest BCUT2D eigenvalue weighted by Crippen LogP contribution is -2.06. The third kappa shape index (κ3) is 2.03. The molecule has 0 unspecified atom stereocenters. The molecule has 0 saturated heterocycles. The van der Waals surface area contributed by atoms with Crippen LogP contribution in [0.25, 0.3) is 16.7 Å². The summed E-state index contributed by atoms with van der Waals surface area (Å²) in [5.74, 6) is -2.51. The molecule has 0 fully saturated rings.